The lowest BCUT2D eigenvalue weighted by Crippen LogP contribution is -2.37. The second kappa shape index (κ2) is 9.15. The van der Waals surface area contributed by atoms with Crippen LogP contribution in [-0.4, -0.2) is 46.9 Å². The van der Waals surface area contributed by atoms with Crippen molar-refractivity contribution < 1.29 is 19.0 Å². The summed E-state index contributed by atoms with van der Waals surface area (Å²) in [6, 6.07) is 3.99. The zero-order valence-corrected chi connectivity index (χ0v) is 14.0. The molecule has 1 amide bonds. The molecule has 1 aromatic rings. The summed E-state index contributed by atoms with van der Waals surface area (Å²) in [5.41, 5.74) is 0.964. The van der Waals surface area contributed by atoms with Crippen molar-refractivity contribution in [3.8, 4) is 17.2 Å². The van der Waals surface area contributed by atoms with Crippen LogP contribution in [0, 0.1) is 0 Å². The largest absolute Gasteiger partial charge is 0.493 e. The van der Waals surface area contributed by atoms with Crippen molar-refractivity contribution >= 4 is 5.91 Å². The molecule has 0 aliphatic carbocycles. The first kappa shape index (κ1) is 18.1. The number of hydrogen-bond acceptors (Lipinski definition) is 5. The van der Waals surface area contributed by atoms with E-state index in [9.17, 15) is 4.79 Å². The smallest absolute Gasteiger partial charge is 0.220 e. The quantitative estimate of drug-likeness (QED) is 0.721. The molecule has 0 saturated carbocycles. The number of aryl methyl sites for hydroxylation is 1. The second-order valence-electron chi connectivity index (χ2n) is 5.03. The van der Waals surface area contributed by atoms with Crippen molar-refractivity contribution in [2.24, 2.45) is 0 Å². The Morgan fingerprint density at radius 3 is 2.18 bits per heavy atom. The zero-order chi connectivity index (χ0) is 16.5. The van der Waals surface area contributed by atoms with Gasteiger partial charge >= 0.3 is 0 Å². The van der Waals surface area contributed by atoms with Crippen LogP contribution in [0.3, 0.4) is 0 Å². The van der Waals surface area contributed by atoms with Crippen molar-refractivity contribution in [2.45, 2.75) is 25.8 Å². The Bertz CT molecular complexity index is 466. The van der Waals surface area contributed by atoms with Crippen LogP contribution in [0.1, 0.15) is 18.9 Å². The highest BCUT2D eigenvalue weighted by molar-refractivity contribution is 5.76. The van der Waals surface area contributed by atoms with Gasteiger partial charge in [0.25, 0.3) is 0 Å². The van der Waals surface area contributed by atoms with E-state index in [0.717, 1.165) is 5.56 Å². The van der Waals surface area contributed by atoms with E-state index in [1.54, 1.807) is 21.3 Å². The molecule has 124 valence electrons. The number of carbonyl (C=O) groups is 1. The molecule has 1 rings (SSSR count). The first-order valence-corrected chi connectivity index (χ1v) is 7.28. The molecule has 0 radical (unpaired) electrons. The maximum absolute atomic E-state index is 11.8. The summed E-state index contributed by atoms with van der Waals surface area (Å²) in [6.45, 7) is 2.63. The third kappa shape index (κ3) is 5.11. The summed E-state index contributed by atoms with van der Waals surface area (Å²) in [5, 5.41) is 5.97. The lowest BCUT2D eigenvalue weighted by atomic mass is 10.1. The van der Waals surface area contributed by atoms with Crippen molar-refractivity contribution in [1.82, 2.24) is 10.6 Å². The Morgan fingerprint density at radius 2 is 1.73 bits per heavy atom. The van der Waals surface area contributed by atoms with E-state index in [-0.39, 0.29) is 11.9 Å². The van der Waals surface area contributed by atoms with Gasteiger partial charge in [0.05, 0.1) is 21.3 Å². The number of carbonyl (C=O) groups excluding carboxylic acids is 1. The molecule has 22 heavy (non-hydrogen) atoms. The number of rotatable bonds is 9. The van der Waals surface area contributed by atoms with Gasteiger partial charge in [-0.05, 0) is 38.1 Å². The molecule has 0 aliphatic rings. The average Bonchev–Trinajstić information content (AvgIpc) is 2.56. The third-order valence-electron chi connectivity index (χ3n) is 3.46. The Balaban J connectivity index is 2.68. The van der Waals surface area contributed by atoms with Gasteiger partial charge in [-0.3, -0.25) is 4.79 Å². The summed E-state index contributed by atoms with van der Waals surface area (Å²) < 4.78 is 15.9. The van der Waals surface area contributed by atoms with E-state index in [0.29, 0.717) is 36.6 Å². The molecule has 6 heteroatoms. The monoisotopic (exact) mass is 310 g/mol. The fourth-order valence-electron chi connectivity index (χ4n) is 1.99. The molecule has 1 aromatic carbocycles. The summed E-state index contributed by atoms with van der Waals surface area (Å²) in [6.07, 6.45) is 1.02. The van der Waals surface area contributed by atoms with Crippen LogP contribution < -0.4 is 24.8 Å². The summed E-state index contributed by atoms with van der Waals surface area (Å²) in [7, 11) is 6.59. The second-order valence-corrected chi connectivity index (χ2v) is 5.03. The van der Waals surface area contributed by atoms with Gasteiger partial charge in [0, 0.05) is 19.0 Å². The minimum absolute atomic E-state index is 0.0239. The van der Waals surface area contributed by atoms with Gasteiger partial charge < -0.3 is 24.8 Å². The van der Waals surface area contributed by atoms with Gasteiger partial charge in [0.15, 0.2) is 11.5 Å². The molecular weight excluding hydrogens is 284 g/mol. The molecule has 1 unspecified atom stereocenters. The molecule has 1 atom stereocenters. The number of likely N-dealkylation sites (N-methyl/N-ethyl adjacent to an activating group) is 1. The Morgan fingerprint density at radius 1 is 1.14 bits per heavy atom. The van der Waals surface area contributed by atoms with Gasteiger partial charge in [-0.2, -0.15) is 0 Å². The highest BCUT2D eigenvalue weighted by Crippen LogP contribution is 2.38. The molecule has 0 heterocycles. The number of ether oxygens (including phenoxy) is 3. The van der Waals surface area contributed by atoms with Crippen molar-refractivity contribution in [3.63, 3.8) is 0 Å². The fraction of sp³-hybridized carbons (Fsp3) is 0.562. The maximum atomic E-state index is 11.8. The first-order valence-electron chi connectivity index (χ1n) is 7.28. The van der Waals surface area contributed by atoms with Crippen molar-refractivity contribution in [3.05, 3.63) is 17.7 Å². The highest BCUT2D eigenvalue weighted by Gasteiger charge is 2.14. The van der Waals surface area contributed by atoms with E-state index < -0.39 is 0 Å². The lowest BCUT2D eigenvalue weighted by Gasteiger charge is -2.14. The topological polar surface area (TPSA) is 68.8 Å². The van der Waals surface area contributed by atoms with Crippen LogP contribution in [0.4, 0.5) is 0 Å². The Kier molecular flexibility index (Phi) is 7.52. The number of methoxy groups -OCH3 is 3. The molecule has 0 bridgehead atoms. The van der Waals surface area contributed by atoms with Crippen molar-refractivity contribution in [2.75, 3.05) is 34.9 Å². The minimum atomic E-state index is 0.0239. The predicted octanol–water partition coefficient (Wildman–Crippen LogP) is 1.37. The number of benzene rings is 1. The number of nitrogens with one attached hydrogen (secondary N) is 2. The summed E-state index contributed by atoms with van der Waals surface area (Å²) in [4.78, 5) is 11.8. The fourth-order valence-corrected chi connectivity index (χ4v) is 1.99. The standard InChI is InChI=1S/C16H26N2O4/c1-11(17-2)10-18-15(19)7-6-12-8-13(20-3)16(22-5)14(9-12)21-4/h8-9,11,17H,6-7,10H2,1-5H3,(H,18,19). The molecule has 6 nitrogen and oxygen atoms in total. The van der Waals surface area contributed by atoms with Gasteiger partial charge in [-0.1, -0.05) is 0 Å². The first-order chi connectivity index (χ1) is 10.5. The van der Waals surface area contributed by atoms with Gasteiger partial charge in [0.2, 0.25) is 11.7 Å². The van der Waals surface area contributed by atoms with Gasteiger partial charge in [0.1, 0.15) is 0 Å². The van der Waals surface area contributed by atoms with E-state index >= 15 is 0 Å². The van der Waals surface area contributed by atoms with E-state index in [1.807, 2.05) is 26.1 Å². The lowest BCUT2D eigenvalue weighted by molar-refractivity contribution is -0.121. The van der Waals surface area contributed by atoms with E-state index in [4.69, 9.17) is 14.2 Å². The van der Waals surface area contributed by atoms with E-state index in [1.165, 1.54) is 0 Å². The van der Waals surface area contributed by atoms with Crippen LogP contribution in [0.15, 0.2) is 12.1 Å². The maximum Gasteiger partial charge on any atom is 0.220 e. The SMILES string of the molecule is CNC(C)CNC(=O)CCc1cc(OC)c(OC)c(OC)c1. The Labute approximate surface area is 132 Å². The molecular formula is C16H26N2O4. The van der Waals surface area contributed by atoms with Crippen LogP contribution in [0.2, 0.25) is 0 Å². The normalized spacial score (nSPS) is 11.7. The van der Waals surface area contributed by atoms with Crippen LogP contribution in [0.5, 0.6) is 17.2 Å². The molecule has 2 N–H and O–H groups in total. The summed E-state index contributed by atoms with van der Waals surface area (Å²) in [5.74, 6) is 1.78. The molecule has 0 aliphatic heterocycles. The highest BCUT2D eigenvalue weighted by atomic mass is 16.5. The average molecular weight is 310 g/mol. The molecule has 0 fully saturated rings. The van der Waals surface area contributed by atoms with Crippen LogP contribution >= 0.6 is 0 Å². The van der Waals surface area contributed by atoms with Gasteiger partial charge in [-0.15, -0.1) is 0 Å². The van der Waals surface area contributed by atoms with Crippen LogP contribution in [0.25, 0.3) is 0 Å². The minimum Gasteiger partial charge on any atom is -0.493 e. The zero-order valence-electron chi connectivity index (χ0n) is 14.0. The van der Waals surface area contributed by atoms with Crippen molar-refractivity contribution in [1.29, 1.82) is 0 Å². The molecule has 0 aromatic heterocycles. The van der Waals surface area contributed by atoms with E-state index in [2.05, 4.69) is 10.6 Å². The Hall–Kier alpha value is -1.95. The number of hydrogen-bond donors (Lipinski definition) is 2. The molecule has 0 spiro atoms. The third-order valence-corrected chi connectivity index (χ3v) is 3.46. The summed E-state index contributed by atoms with van der Waals surface area (Å²) >= 11 is 0. The van der Waals surface area contributed by atoms with Crippen LogP contribution in [-0.2, 0) is 11.2 Å². The van der Waals surface area contributed by atoms with Gasteiger partial charge in [-0.25, -0.2) is 0 Å². The predicted molar refractivity (Wildman–Crippen MR) is 86.0 cm³/mol. The molecule has 0 saturated heterocycles. The number of amides is 1.